The van der Waals surface area contributed by atoms with Crippen LogP contribution in [0.5, 0.6) is 0 Å². The Morgan fingerprint density at radius 3 is 1.95 bits per heavy atom. The Kier molecular flexibility index (Phi) is 23.7. The van der Waals surface area contributed by atoms with Gasteiger partial charge in [0.25, 0.3) is 0 Å². The average molecular weight is 587 g/mol. The maximum absolute atomic E-state index is 12.9. The number of nitrogens with one attached hydrogen (secondary N) is 1. The van der Waals surface area contributed by atoms with Gasteiger partial charge >= 0.3 is 6.03 Å². The largest absolute Gasteiger partial charge is 0.338 e. The first-order valence-electron chi connectivity index (χ1n) is 16.7. The first-order chi connectivity index (χ1) is 19.5. The fourth-order valence-electron chi connectivity index (χ4n) is 5.51. The lowest BCUT2D eigenvalue weighted by molar-refractivity contribution is -0.174. The number of amides is 3. The van der Waals surface area contributed by atoms with Crippen molar-refractivity contribution in [3.05, 3.63) is 0 Å². The van der Waals surface area contributed by atoms with Gasteiger partial charge in [0.15, 0.2) is 0 Å². The third-order valence-electron chi connectivity index (χ3n) is 8.03. The molecule has 1 aliphatic heterocycles. The molecule has 3 amide bonds. The number of unbranched alkanes of at least 4 members (excludes halogenated alkanes) is 15. The Morgan fingerprint density at radius 2 is 1.43 bits per heavy atom. The molecule has 40 heavy (non-hydrogen) atoms. The van der Waals surface area contributed by atoms with Gasteiger partial charge in [0, 0.05) is 31.1 Å². The van der Waals surface area contributed by atoms with Crippen LogP contribution >= 0.6 is 11.6 Å². The molecule has 2 atom stereocenters. The molecule has 0 bridgehead atoms. The minimum absolute atomic E-state index is 0.00718. The summed E-state index contributed by atoms with van der Waals surface area (Å²) in [5.41, 5.74) is 0. The predicted octanol–water partition coefficient (Wildman–Crippen LogP) is 7.76. The molecule has 0 aromatic carbocycles. The highest BCUT2D eigenvalue weighted by molar-refractivity contribution is 6.20. The summed E-state index contributed by atoms with van der Waals surface area (Å²) in [5.74, 6) is 0. The number of likely N-dealkylation sites (tertiary alicyclic amines) is 1. The molecular formula is C32H63ClN4O3. The minimum atomic E-state index is 0.00718. The maximum Gasteiger partial charge on any atom is 0.317 e. The number of hydrogen-bond acceptors (Lipinski definition) is 4. The molecule has 1 fully saturated rings. The Labute approximate surface area is 252 Å². The second-order valence-corrected chi connectivity index (χ2v) is 12.6. The fourth-order valence-corrected chi connectivity index (χ4v) is 5.81. The summed E-state index contributed by atoms with van der Waals surface area (Å²) in [6.07, 6.45) is 25.4. The molecule has 8 heteroatoms. The molecule has 0 spiro atoms. The lowest BCUT2D eigenvalue weighted by Crippen LogP contribution is -2.51. The number of urea groups is 1. The van der Waals surface area contributed by atoms with Crippen LogP contribution in [0, 0.1) is 0 Å². The molecule has 1 saturated heterocycles. The quantitative estimate of drug-likeness (QED) is 0.0487. The normalized spacial score (nSPS) is 17.4. The zero-order valence-electron chi connectivity index (χ0n) is 26.4. The molecule has 236 valence electrons. The smallest absolute Gasteiger partial charge is 0.317 e. The molecule has 1 aliphatic rings. The zero-order valence-corrected chi connectivity index (χ0v) is 27.1. The third kappa shape index (κ3) is 19.9. The summed E-state index contributed by atoms with van der Waals surface area (Å²) < 4.78 is 0. The summed E-state index contributed by atoms with van der Waals surface area (Å²) in [5, 5.41) is 4.57. The fraction of sp³-hybridized carbons (Fsp3) is 0.938. The molecule has 7 nitrogen and oxygen atoms in total. The van der Waals surface area contributed by atoms with Gasteiger partial charge in [0.2, 0.25) is 6.41 Å². The molecule has 0 saturated carbocycles. The Bertz CT molecular complexity index is 611. The molecule has 1 rings (SSSR count). The predicted molar refractivity (Wildman–Crippen MR) is 169 cm³/mol. The third-order valence-corrected chi connectivity index (χ3v) is 8.43. The van der Waals surface area contributed by atoms with Crippen molar-refractivity contribution in [3.8, 4) is 0 Å². The summed E-state index contributed by atoms with van der Waals surface area (Å²) in [7, 11) is 4.02. The van der Waals surface area contributed by atoms with Crippen molar-refractivity contribution in [2.45, 2.75) is 147 Å². The summed E-state index contributed by atoms with van der Waals surface area (Å²) in [6.45, 7) is 5.54. The van der Waals surface area contributed by atoms with E-state index in [2.05, 4.69) is 17.1 Å². The van der Waals surface area contributed by atoms with Gasteiger partial charge in [-0.15, -0.1) is 11.6 Å². The van der Waals surface area contributed by atoms with Crippen molar-refractivity contribution < 1.29 is 14.4 Å². The standard InChI is InChI=1S/C32H63ClN4O3/c1-4-5-6-7-8-9-10-11-12-13-14-15-16-17-18-19-23-34-32(39)37-26-21-30(33)28-31(37)22-27-40-36(29-38)25-20-24-35(2)3/h29-31H,4-28H2,1-3H3,(H,34,39). The van der Waals surface area contributed by atoms with Crippen molar-refractivity contribution in [1.29, 1.82) is 0 Å². The monoisotopic (exact) mass is 586 g/mol. The number of carbonyl (C=O) groups is 2. The molecule has 0 aromatic heterocycles. The van der Waals surface area contributed by atoms with E-state index in [0.29, 0.717) is 26.1 Å². The van der Waals surface area contributed by atoms with Gasteiger partial charge in [-0.25, -0.2) is 9.86 Å². The van der Waals surface area contributed by atoms with E-state index < -0.39 is 0 Å². The van der Waals surface area contributed by atoms with Crippen LogP contribution in [-0.4, -0.2) is 85.6 Å². The molecule has 1 N–H and O–H groups in total. The van der Waals surface area contributed by atoms with Gasteiger partial charge in [-0.05, 0) is 52.7 Å². The average Bonchev–Trinajstić information content (AvgIpc) is 2.93. The highest BCUT2D eigenvalue weighted by Gasteiger charge is 2.30. The molecular weight excluding hydrogens is 524 g/mol. The minimum Gasteiger partial charge on any atom is -0.338 e. The summed E-state index contributed by atoms with van der Waals surface area (Å²) in [6, 6.07) is 0.0464. The van der Waals surface area contributed by atoms with Crippen LogP contribution in [0.25, 0.3) is 0 Å². The highest BCUT2D eigenvalue weighted by Crippen LogP contribution is 2.24. The van der Waals surface area contributed by atoms with E-state index >= 15 is 0 Å². The number of hydrogen-bond donors (Lipinski definition) is 1. The Morgan fingerprint density at radius 1 is 0.875 bits per heavy atom. The van der Waals surface area contributed by atoms with Crippen molar-refractivity contribution in [2.75, 3.05) is 46.9 Å². The number of alkyl halides is 1. The van der Waals surface area contributed by atoms with Crippen molar-refractivity contribution in [2.24, 2.45) is 0 Å². The number of carbonyl (C=O) groups excluding carboxylic acids is 2. The Hall–Kier alpha value is -1.05. The molecule has 0 aliphatic carbocycles. The first-order valence-corrected chi connectivity index (χ1v) is 17.1. The van der Waals surface area contributed by atoms with Gasteiger partial charge in [0.05, 0.1) is 6.61 Å². The number of rotatable bonds is 26. The highest BCUT2D eigenvalue weighted by atomic mass is 35.5. The number of piperidine rings is 1. The van der Waals surface area contributed by atoms with Crippen LogP contribution < -0.4 is 5.32 Å². The number of nitrogens with zero attached hydrogens (tertiary/aromatic N) is 3. The van der Waals surface area contributed by atoms with E-state index in [0.717, 1.165) is 45.2 Å². The van der Waals surface area contributed by atoms with E-state index in [4.69, 9.17) is 16.4 Å². The van der Waals surface area contributed by atoms with Crippen molar-refractivity contribution >= 4 is 24.0 Å². The molecule has 0 aromatic rings. The van der Waals surface area contributed by atoms with Crippen molar-refractivity contribution in [3.63, 3.8) is 0 Å². The van der Waals surface area contributed by atoms with E-state index in [1.54, 1.807) is 0 Å². The molecule has 2 unspecified atom stereocenters. The first kappa shape index (κ1) is 37.0. The number of halogens is 1. The topological polar surface area (TPSA) is 65.1 Å². The van der Waals surface area contributed by atoms with Crippen LogP contribution in [0.1, 0.15) is 135 Å². The van der Waals surface area contributed by atoms with Gasteiger partial charge in [-0.1, -0.05) is 103 Å². The van der Waals surface area contributed by atoms with Crippen LogP contribution in [0.15, 0.2) is 0 Å². The van der Waals surface area contributed by atoms with E-state index in [9.17, 15) is 9.59 Å². The van der Waals surface area contributed by atoms with Crippen LogP contribution in [-0.2, 0) is 9.63 Å². The van der Waals surface area contributed by atoms with Gasteiger partial charge in [0.1, 0.15) is 0 Å². The van der Waals surface area contributed by atoms with Gasteiger partial charge in [-0.3, -0.25) is 9.63 Å². The van der Waals surface area contributed by atoms with Gasteiger partial charge < -0.3 is 15.1 Å². The van der Waals surface area contributed by atoms with Crippen LogP contribution in [0.4, 0.5) is 4.79 Å². The summed E-state index contributed by atoms with van der Waals surface area (Å²) in [4.78, 5) is 33.9. The maximum atomic E-state index is 12.9. The van der Waals surface area contributed by atoms with E-state index in [1.807, 2.05) is 19.0 Å². The second kappa shape index (κ2) is 25.6. The number of hydroxylamine groups is 2. The SMILES string of the molecule is CCCCCCCCCCCCCCCCCCNC(=O)N1CCC(Cl)CC1CCON(C=O)CCCN(C)C. The molecule has 1 heterocycles. The Balaban J connectivity index is 2.07. The molecule has 0 radical (unpaired) electrons. The second-order valence-electron chi connectivity index (χ2n) is 12.0. The van der Waals surface area contributed by atoms with Gasteiger partial charge in [-0.2, -0.15) is 0 Å². The van der Waals surface area contributed by atoms with E-state index in [1.165, 1.54) is 101 Å². The van der Waals surface area contributed by atoms with E-state index in [-0.39, 0.29) is 17.5 Å². The van der Waals surface area contributed by atoms with Crippen LogP contribution in [0.3, 0.4) is 0 Å². The van der Waals surface area contributed by atoms with Crippen LogP contribution in [0.2, 0.25) is 0 Å². The lowest BCUT2D eigenvalue weighted by Gasteiger charge is -2.38. The summed E-state index contributed by atoms with van der Waals surface area (Å²) >= 11 is 6.43. The lowest BCUT2D eigenvalue weighted by atomic mass is 9.99. The zero-order chi connectivity index (χ0) is 29.3. The van der Waals surface area contributed by atoms with Crippen molar-refractivity contribution in [1.82, 2.24) is 20.2 Å².